The summed E-state index contributed by atoms with van der Waals surface area (Å²) in [5.41, 5.74) is 2.57. The van der Waals surface area contributed by atoms with Crippen molar-refractivity contribution in [2.75, 3.05) is 24.2 Å². The van der Waals surface area contributed by atoms with E-state index in [1.807, 2.05) is 13.0 Å². The molecule has 2 aromatic rings. The first-order valence-corrected chi connectivity index (χ1v) is 9.09. The SMILES string of the molecule is Cc1cc(NC(=O)C(=O)Nc2nc3c(s2)CN(C)CC3)ccc1Br. The van der Waals surface area contributed by atoms with Crippen molar-refractivity contribution in [3.8, 4) is 0 Å². The van der Waals surface area contributed by atoms with Gasteiger partial charge in [-0.25, -0.2) is 4.98 Å². The van der Waals surface area contributed by atoms with E-state index in [0.29, 0.717) is 10.8 Å². The molecule has 1 aromatic carbocycles. The van der Waals surface area contributed by atoms with E-state index in [1.165, 1.54) is 11.3 Å². The van der Waals surface area contributed by atoms with E-state index < -0.39 is 11.8 Å². The van der Waals surface area contributed by atoms with E-state index in [9.17, 15) is 9.59 Å². The molecule has 1 aromatic heterocycles. The lowest BCUT2D eigenvalue weighted by Gasteiger charge is -2.20. The summed E-state index contributed by atoms with van der Waals surface area (Å²) in [6, 6.07) is 5.36. The van der Waals surface area contributed by atoms with Crippen molar-refractivity contribution >= 4 is 49.9 Å². The average molecular weight is 409 g/mol. The maximum absolute atomic E-state index is 12.1. The van der Waals surface area contributed by atoms with E-state index in [2.05, 4.69) is 43.5 Å². The highest BCUT2D eigenvalue weighted by Crippen LogP contribution is 2.27. The average Bonchev–Trinajstić information content (AvgIpc) is 2.92. The number of thiazole rings is 1. The number of likely N-dealkylation sites (N-methyl/N-ethyl adjacent to an activating group) is 1. The van der Waals surface area contributed by atoms with Crippen LogP contribution in [0.3, 0.4) is 0 Å². The van der Waals surface area contributed by atoms with Crippen LogP contribution in [0.5, 0.6) is 0 Å². The van der Waals surface area contributed by atoms with Crippen molar-refractivity contribution in [1.29, 1.82) is 0 Å². The fourth-order valence-corrected chi connectivity index (χ4v) is 3.77. The van der Waals surface area contributed by atoms with Gasteiger partial charge in [-0.3, -0.25) is 14.9 Å². The molecule has 0 bridgehead atoms. The molecule has 2 N–H and O–H groups in total. The molecule has 6 nitrogen and oxygen atoms in total. The summed E-state index contributed by atoms with van der Waals surface area (Å²) in [5, 5.41) is 5.66. The molecule has 0 atom stereocenters. The summed E-state index contributed by atoms with van der Waals surface area (Å²) in [4.78, 5) is 31.9. The summed E-state index contributed by atoms with van der Waals surface area (Å²) in [7, 11) is 2.05. The van der Waals surface area contributed by atoms with Gasteiger partial charge < -0.3 is 10.2 Å². The van der Waals surface area contributed by atoms with Gasteiger partial charge in [-0.15, -0.1) is 11.3 Å². The number of carbonyl (C=O) groups excluding carboxylic acids is 2. The maximum atomic E-state index is 12.1. The maximum Gasteiger partial charge on any atom is 0.315 e. The fourth-order valence-electron chi connectivity index (χ4n) is 2.44. The monoisotopic (exact) mass is 408 g/mol. The molecular weight excluding hydrogens is 392 g/mol. The zero-order valence-electron chi connectivity index (χ0n) is 13.4. The van der Waals surface area contributed by atoms with Crippen LogP contribution in [-0.2, 0) is 22.6 Å². The number of aromatic nitrogens is 1. The molecule has 0 unspecified atom stereocenters. The Balaban J connectivity index is 1.64. The van der Waals surface area contributed by atoms with Crippen molar-refractivity contribution in [3.63, 3.8) is 0 Å². The number of nitrogens with one attached hydrogen (secondary N) is 2. The number of halogens is 1. The molecule has 0 saturated carbocycles. The Kier molecular flexibility index (Phi) is 4.98. The Bertz CT molecular complexity index is 805. The van der Waals surface area contributed by atoms with E-state index in [1.54, 1.807) is 12.1 Å². The van der Waals surface area contributed by atoms with Crippen molar-refractivity contribution in [2.45, 2.75) is 19.9 Å². The summed E-state index contributed by atoms with van der Waals surface area (Å²) >= 11 is 4.82. The van der Waals surface area contributed by atoms with E-state index >= 15 is 0 Å². The van der Waals surface area contributed by atoms with Gasteiger partial charge >= 0.3 is 11.8 Å². The highest BCUT2D eigenvalue weighted by Gasteiger charge is 2.21. The van der Waals surface area contributed by atoms with Gasteiger partial charge in [0.15, 0.2) is 5.13 Å². The van der Waals surface area contributed by atoms with Crippen LogP contribution in [0.25, 0.3) is 0 Å². The van der Waals surface area contributed by atoms with Crippen LogP contribution in [0, 0.1) is 6.92 Å². The Morgan fingerprint density at radius 2 is 2.04 bits per heavy atom. The van der Waals surface area contributed by atoms with Crippen LogP contribution in [0.1, 0.15) is 16.1 Å². The highest BCUT2D eigenvalue weighted by molar-refractivity contribution is 9.10. The molecular formula is C16H17BrN4O2S. The van der Waals surface area contributed by atoms with Crippen LogP contribution in [0.4, 0.5) is 10.8 Å². The first-order valence-electron chi connectivity index (χ1n) is 7.48. The van der Waals surface area contributed by atoms with Gasteiger partial charge in [-0.1, -0.05) is 15.9 Å². The van der Waals surface area contributed by atoms with Crippen LogP contribution < -0.4 is 10.6 Å². The van der Waals surface area contributed by atoms with Crippen molar-refractivity contribution in [1.82, 2.24) is 9.88 Å². The van der Waals surface area contributed by atoms with Crippen molar-refractivity contribution in [3.05, 3.63) is 38.8 Å². The van der Waals surface area contributed by atoms with Crippen molar-refractivity contribution in [2.24, 2.45) is 0 Å². The molecule has 3 rings (SSSR count). The normalized spacial score (nSPS) is 14.1. The highest BCUT2D eigenvalue weighted by atomic mass is 79.9. The smallest absolute Gasteiger partial charge is 0.315 e. The number of hydrogen-bond acceptors (Lipinski definition) is 5. The Hall–Kier alpha value is -1.77. The molecule has 0 aliphatic carbocycles. The standard InChI is InChI=1S/C16H17BrN4O2S/c1-9-7-10(3-4-11(9)17)18-14(22)15(23)20-16-19-12-5-6-21(2)8-13(12)24-16/h3-4,7H,5-6,8H2,1-2H3,(H,18,22)(H,19,20,23). The molecule has 2 amide bonds. The van der Waals surface area contributed by atoms with Crippen LogP contribution >= 0.6 is 27.3 Å². The predicted molar refractivity (Wildman–Crippen MR) is 98.3 cm³/mol. The molecule has 0 fully saturated rings. The van der Waals surface area contributed by atoms with E-state index in [0.717, 1.165) is 40.1 Å². The van der Waals surface area contributed by atoms with Gasteiger partial charge in [0.05, 0.1) is 5.69 Å². The molecule has 0 saturated heterocycles. The summed E-state index contributed by atoms with van der Waals surface area (Å²) < 4.78 is 0.947. The number of amides is 2. The van der Waals surface area contributed by atoms with Gasteiger partial charge in [-0.2, -0.15) is 0 Å². The Morgan fingerprint density at radius 1 is 1.29 bits per heavy atom. The molecule has 126 valence electrons. The lowest BCUT2D eigenvalue weighted by Crippen LogP contribution is -2.29. The van der Waals surface area contributed by atoms with Gasteiger partial charge in [0.1, 0.15) is 0 Å². The van der Waals surface area contributed by atoms with E-state index in [-0.39, 0.29) is 0 Å². The lowest BCUT2D eigenvalue weighted by atomic mass is 10.2. The largest absolute Gasteiger partial charge is 0.318 e. The third kappa shape index (κ3) is 3.82. The number of hydrogen-bond donors (Lipinski definition) is 2. The second-order valence-corrected chi connectivity index (χ2v) is 7.69. The van der Waals surface area contributed by atoms with Gasteiger partial charge in [0.2, 0.25) is 0 Å². The molecule has 24 heavy (non-hydrogen) atoms. The molecule has 0 radical (unpaired) electrons. The number of nitrogens with zero attached hydrogens (tertiary/aromatic N) is 2. The Morgan fingerprint density at radius 3 is 2.79 bits per heavy atom. The minimum atomic E-state index is -0.713. The minimum Gasteiger partial charge on any atom is -0.318 e. The topological polar surface area (TPSA) is 74.3 Å². The third-order valence-electron chi connectivity index (χ3n) is 3.76. The molecule has 0 spiro atoms. The number of fused-ring (bicyclic) bond motifs is 1. The first-order chi connectivity index (χ1) is 11.4. The van der Waals surface area contributed by atoms with Crippen LogP contribution in [0.2, 0.25) is 0 Å². The molecule has 1 aliphatic heterocycles. The molecule has 2 heterocycles. The number of anilines is 2. The minimum absolute atomic E-state index is 0.474. The summed E-state index contributed by atoms with van der Waals surface area (Å²) in [6.07, 6.45) is 0.864. The van der Waals surface area contributed by atoms with Crippen LogP contribution in [0.15, 0.2) is 22.7 Å². The van der Waals surface area contributed by atoms with Crippen LogP contribution in [-0.4, -0.2) is 35.3 Å². The first kappa shape index (κ1) is 17.1. The second-order valence-electron chi connectivity index (χ2n) is 5.75. The lowest BCUT2D eigenvalue weighted by molar-refractivity contribution is -0.133. The predicted octanol–water partition coefficient (Wildman–Crippen LogP) is 2.78. The molecule has 1 aliphatic rings. The number of benzene rings is 1. The Labute approximate surface area is 152 Å². The zero-order chi connectivity index (χ0) is 17.3. The van der Waals surface area contributed by atoms with Gasteiger partial charge in [-0.05, 0) is 37.7 Å². The zero-order valence-corrected chi connectivity index (χ0v) is 15.8. The van der Waals surface area contributed by atoms with Gasteiger partial charge in [0.25, 0.3) is 0 Å². The quantitative estimate of drug-likeness (QED) is 0.749. The number of carbonyl (C=O) groups is 2. The third-order valence-corrected chi connectivity index (χ3v) is 5.65. The molecule has 8 heteroatoms. The summed E-state index contributed by atoms with van der Waals surface area (Å²) in [6.45, 7) is 3.69. The fraction of sp³-hybridized carbons (Fsp3) is 0.312. The second kappa shape index (κ2) is 7.00. The van der Waals surface area contributed by atoms with E-state index in [4.69, 9.17) is 0 Å². The summed E-state index contributed by atoms with van der Waals surface area (Å²) in [5.74, 6) is -1.42. The van der Waals surface area contributed by atoms with Crippen molar-refractivity contribution < 1.29 is 9.59 Å². The number of rotatable bonds is 2. The number of aryl methyl sites for hydroxylation is 1. The van der Waals surface area contributed by atoms with Gasteiger partial charge in [0, 0.05) is 34.5 Å².